The number of alkyl halides is 3. The van der Waals surface area contributed by atoms with Gasteiger partial charge in [0, 0.05) is 12.1 Å². The lowest BCUT2D eigenvalue weighted by Crippen LogP contribution is -2.41. The van der Waals surface area contributed by atoms with Gasteiger partial charge in [-0.05, 0) is 20.8 Å². The van der Waals surface area contributed by atoms with E-state index in [4.69, 9.17) is 11.6 Å². The normalized spacial score (nSPS) is 13.2. The number of hydrogen-bond donors (Lipinski definition) is 2. The number of nitrogens with one attached hydrogen (secondary N) is 2. The van der Waals surface area contributed by atoms with Crippen molar-refractivity contribution in [2.24, 2.45) is 0 Å². The van der Waals surface area contributed by atoms with Crippen molar-refractivity contribution >= 4 is 23.3 Å². The van der Waals surface area contributed by atoms with Crippen molar-refractivity contribution in [2.45, 2.75) is 39.0 Å². The van der Waals surface area contributed by atoms with Gasteiger partial charge in [-0.15, -0.1) is 0 Å². The van der Waals surface area contributed by atoms with Crippen LogP contribution in [-0.4, -0.2) is 28.0 Å². The first-order valence-electron chi connectivity index (χ1n) is 5.78. The number of anilines is 1. The van der Waals surface area contributed by atoms with Gasteiger partial charge in [-0.25, -0.2) is 9.97 Å². The molecule has 1 unspecified atom stereocenters. The fraction of sp³-hybridized carbons (Fsp3) is 0.545. The summed E-state index contributed by atoms with van der Waals surface area (Å²) in [4.78, 5) is 18.0. The van der Waals surface area contributed by atoms with E-state index >= 15 is 0 Å². The molecule has 0 spiro atoms. The number of amides is 1. The van der Waals surface area contributed by atoms with E-state index in [9.17, 15) is 18.0 Å². The molecule has 0 aliphatic heterocycles. The minimum atomic E-state index is -4.70. The van der Waals surface area contributed by atoms with Crippen molar-refractivity contribution < 1.29 is 18.0 Å². The smallest absolute Gasteiger partial charge is 0.358 e. The monoisotopic (exact) mass is 310 g/mol. The van der Waals surface area contributed by atoms with Crippen molar-refractivity contribution in [3.63, 3.8) is 0 Å². The summed E-state index contributed by atoms with van der Waals surface area (Å²) in [5, 5.41) is 4.82. The third-order valence-corrected chi connectivity index (χ3v) is 2.33. The molecule has 1 rings (SSSR count). The van der Waals surface area contributed by atoms with Gasteiger partial charge in [0.05, 0.1) is 0 Å². The first kappa shape index (κ1) is 16.5. The molecule has 112 valence electrons. The highest BCUT2D eigenvalue weighted by molar-refractivity contribution is 6.29. The second-order valence-corrected chi connectivity index (χ2v) is 4.81. The van der Waals surface area contributed by atoms with Gasteiger partial charge in [0.25, 0.3) is 0 Å². The SMILES string of the molecule is CC(C)NC(=O)C(C)Nc1cc(Cl)nc(C(F)(F)F)n1. The summed E-state index contributed by atoms with van der Waals surface area (Å²) in [6.07, 6.45) is -4.70. The van der Waals surface area contributed by atoms with E-state index in [1.165, 1.54) is 6.92 Å². The van der Waals surface area contributed by atoms with Gasteiger partial charge in [-0.3, -0.25) is 4.79 Å². The Bertz CT molecular complexity index is 493. The minimum absolute atomic E-state index is 0.0773. The van der Waals surface area contributed by atoms with E-state index < -0.39 is 18.0 Å². The third-order valence-electron chi connectivity index (χ3n) is 2.14. The van der Waals surface area contributed by atoms with E-state index in [1.54, 1.807) is 13.8 Å². The molecule has 0 aliphatic carbocycles. The zero-order valence-corrected chi connectivity index (χ0v) is 11.8. The average molecular weight is 311 g/mol. The van der Waals surface area contributed by atoms with Gasteiger partial charge in [-0.2, -0.15) is 13.2 Å². The summed E-state index contributed by atoms with van der Waals surface area (Å²) >= 11 is 5.51. The highest BCUT2D eigenvalue weighted by atomic mass is 35.5. The van der Waals surface area contributed by atoms with Crippen LogP contribution in [0.25, 0.3) is 0 Å². The van der Waals surface area contributed by atoms with Crippen molar-refractivity contribution in [1.82, 2.24) is 15.3 Å². The summed E-state index contributed by atoms with van der Waals surface area (Å²) in [5.74, 6) is -1.88. The molecule has 0 bridgehead atoms. The summed E-state index contributed by atoms with van der Waals surface area (Å²) < 4.78 is 37.6. The van der Waals surface area contributed by atoms with Crippen molar-refractivity contribution in [3.8, 4) is 0 Å². The quantitative estimate of drug-likeness (QED) is 0.838. The molecule has 1 atom stereocenters. The maximum atomic E-state index is 12.5. The van der Waals surface area contributed by atoms with E-state index in [0.29, 0.717) is 0 Å². The largest absolute Gasteiger partial charge is 0.451 e. The van der Waals surface area contributed by atoms with Crippen LogP contribution in [0.4, 0.5) is 19.0 Å². The van der Waals surface area contributed by atoms with Gasteiger partial charge < -0.3 is 10.6 Å². The van der Waals surface area contributed by atoms with E-state index in [1.807, 2.05) is 0 Å². The predicted molar refractivity (Wildman–Crippen MR) is 68.4 cm³/mol. The van der Waals surface area contributed by atoms with Crippen LogP contribution in [0.2, 0.25) is 5.15 Å². The van der Waals surface area contributed by atoms with Crippen LogP contribution in [0, 0.1) is 0 Å². The van der Waals surface area contributed by atoms with Gasteiger partial charge in [-0.1, -0.05) is 11.6 Å². The lowest BCUT2D eigenvalue weighted by Gasteiger charge is -2.17. The number of hydrogen-bond acceptors (Lipinski definition) is 4. The van der Waals surface area contributed by atoms with Gasteiger partial charge >= 0.3 is 6.18 Å². The Morgan fingerprint density at radius 1 is 1.30 bits per heavy atom. The Morgan fingerprint density at radius 2 is 1.90 bits per heavy atom. The first-order valence-corrected chi connectivity index (χ1v) is 6.16. The van der Waals surface area contributed by atoms with Crippen molar-refractivity contribution in [1.29, 1.82) is 0 Å². The lowest BCUT2D eigenvalue weighted by atomic mass is 10.3. The fourth-order valence-corrected chi connectivity index (χ4v) is 1.50. The predicted octanol–water partition coefficient (Wildman–Crippen LogP) is 2.47. The number of halogens is 4. The van der Waals surface area contributed by atoms with Gasteiger partial charge in [0.2, 0.25) is 11.7 Å². The number of nitrogens with zero attached hydrogens (tertiary/aromatic N) is 2. The van der Waals surface area contributed by atoms with Crippen molar-refractivity contribution in [2.75, 3.05) is 5.32 Å². The zero-order chi connectivity index (χ0) is 15.5. The molecule has 0 radical (unpaired) electrons. The molecule has 1 heterocycles. The highest BCUT2D eigenvalue weighted by Gasteiger charge is 2.35. The highest BCUT2D eigenvalue weighted by Crippen LogP contribution is 2.28. The van der Waals surface area contributed by atoms with E-state index in [-0.39, 0.29) is 22.9 Å². The molecular formula is C11H14ClF3N4O. The van der Waals surface area contributed by atoms with Crippen LogP contribution in [0.15, 0.2) is 6.07 Å². The Labute approximate surface area is 118 Å². The fourth-order valence-electron chi connectivity index (χ4n) is 1.32. The minimum Gasteiger partial charge on any atom is -0.358 e. The Kier molecular flexibility index (Phi) is 5.15. The zero-order valence-electron chi connectivity index (χ0n) is 11.0. The van der Waals surface area contributed by atoms with Crippen LogP contribution in [0.3, 0.4) is 0 Å². The van der Waals surface area contributed by atoms with Crippen LogP contribution in [0.5, 0.6) is 0 Å². The maximum absolute atomic E-state index is 12.5. The van der Waals surface area contributed by atoms with Crippen molar-refractivity contribution in [3.05, 3.63) is 17.0 Å². The molecule has 1 aromatic rings. The number of carbonyl (C=O) groups is 1. The average Bonchev–Trinajstić information content (AvgIpc) is 2.25. The Balaban J connectivity index is 2.87. The summed E-state index contributed by atoms with van der Waals surface area (Å²) in [5.41, 5.74) is 0. The first-order chi connectivity index (χ1) is 9.09. The molecular weight excluding hydrogens is 297 g/mol. The standard InChI is InChI=1S/C11H14ClF3N4O/c1-5(2)16-9(20)6(3)17-8-4-7(12)18-10(19-8)11(13,14)15/h4-6H,1-3H3,(H,16,20)(H,17,18,19). The summed E-state index contributed by atoms with van der Waals surface area (Å²) in [7, 11) is 0. The van der Waals surface area contributed by atoms with Gasteiger partial charge in [0.1, 0.15) is 17.0 Å². The molecule has 1 amide bonds. The number of aromatic nitrogens is 2. The summed E-state index contributed by atoms with van der Waals surface area (Å²) in [6.45, 7) is 5.04. The van der Waals surface area contributed by atoms with Crippen LogP contribution >= 0.6 is 11.6 Å². The number of carbonyl (C=O) groups excluding carboxylic acids is 1. The molecule has 0 aromatic carbocycles. The second kappa shape index (κ2) is 6.25. The second-order valence-electron chi connectivity index (χ2n) is 4.43. The molecule has 9 heteroatoms. The molecule has 2 N–H and O–H groups in total. The summed E-state index contributed by atoms with van der Waals surface area (Å²) in [6, 6.07) is 0.284. The maximum Gasteiger partial charge on any atom is 0.451 e. The molecule has 20 heavy (non-hydrogen) atoms. The lowest BCUT2D eigenvalue weighted by molar-refractivity contribution is -0.144. The van der Waals surface area contributed by atoms with E-state index in [0.717, 1.165) is 6.07 Å². The number of rotatable bonds is 4. The van der Waals surface area contributed by atoms with Crippen LogP contribution in [-0.2, 0) is 11.0 Å². The molecule has 0 saturated carbocycles. The van der Waals surface area contributed by atoms with Crippen LogP contribution < -0.4 is 10.6 Å². The molecule has 1 aromatic heterocycles. The molecule has 0 aliphatic rings. The Morgan fingerprint density at radius 3 is 2.40 bits per heavy atom. The third kappa shape index (κ3) is 4.84. The molecule has 0 saturated heterocycles. The van der Waals surface area contributed by atoms with E-state index in [2.05, 4.69) is 20.6 Å². The Hall–Kier alpha value is -1.57. The topological polar surface area (TPSA) is 66.9 Å². The van der Waals surface area contributed by atoms with Crippen LogP contribution in [0.1, 0.15) is 26.6 Å². The van der Waals surface area contributed by atoms with Gasteiger partial charge in [0.15, 0.2) is 0 Å². The molecule has 5 nitrogen and oxygen atoms in total. The molecule has 0 fully saturated rings.